The molecular formula is C17H20ClNSSi. The smallest absolute Gasteiger partial charge is 0.117 e. The topological polar surface area (TPSA) is 12.4 Å². The van der Waals surface area contributed by atoms with Crippen LogP contribution in [0.2, 0.25) is 19.6 Å². The van der Waals surface area contributed by atoms with Gasteiger partial charge in [-0.3, -0.25) is 0 Å². The molecule has 0 spiro atoms. The molecule has 1 atom stereocenters. The molecule has 0 saturated carbocycles. The lowest BCUT2D eigenvalue weighted by molar-refractivity contribution is 1.42. The molecule has 0 heterocycles. The minimum absolute atomic E-state index is 0.252. The van der Waals surface area contributed by atoms with E-state index >= 15 is 0 Å². The third-order valence-electron chi connectivity index (χ3n) is 2.99. The van der Waals surface area contributed by atoms with Crippen molar-refractivity contribution < 1.29 is 0 Å². The molecule has 4 heteroatoms. The molecule has 0 N–H and O–H groups in total. The van der Waals surface area contributed by atoms with E-state index in [2.05, 4.69) is 48.9 Å². The van der Waals surface area contributed by atoms with Crippen LogP contribution in [0.25, 0.3) is 0 Å². The zero-order chi connectivity index (χ0) is 15.3. The summed E-state index contributed by atoms with van der Waals surface area (Å²) in [6.45, 7) is 6.99. The number of nitrogens with zero attached hydrogens (tertiary/aromatic N) is 1. The number of aliphatic imine (C=N–C) groups is 1. The zero-order valence-electron chi connectivity index (χ0n) is 12.6. The Hall–Kier alpha value is -1.03. The molecule has 2 aromatic rings. The number of hydrogen-bond acceptors (Lipinski definition) is 2. The number of para-hydroxylation sites is 1. The van der Waals surface area contributed by atoms with Crippen molar-refractivity contribution in [3.63, 3.8) is 0 Å². The van der Waals surface area contributed by atoms with Gasteiger partial charge in [-0.25, -0.2) is 4.99 Å². The van der Waals surface area contributed by atoms with Crippen LogP contribution in [-0.4, -0.2) is 18.1 Å². The monoisotopic (exact) mass is 333 g/mol. The first kappa shape index (κ1) is 16.3. The lowest BCUT2D eigenvalue weighted by Gasteiger charge is -2.27. The summed E-state index contributed by atoms with van der Waals surface area (Å²) in [4.78, 5) is 6.11. The number of benzene rings is 2. The van der Waals surface area contributed by atoms with Gasteiger partial charge in [-0.2, -0.15) is 0 Å². The van der Waals surface area contributed by atoms with Crippen LogP contribution in [0, 0.1) is 0 Å². The van der Waals surface area contributed by atoms with Gasteiger partial charge in [0.15, 0.2) is 0 Å². The summed E-state index contributed by atoms with van der Waals surface area (Å²) in [6, 6.07) is 20.3. The van der Waals surface area contributed by atoms with E-state index in [1.807, 2.05) is 48.2 Å². The van der Waals surface area contributed by atoms with E-state index in [1.165, 1.54) is 4.90 Å². The summed E-state index contributed by atoms with van der Waals surface area (Å²) in [5, 5.41) is 0.703. The summed E-state index contributed by atoms with van der Waals surface area (Å²) >= 11 is 8.40. The van der Waals surface area contributed by atoms with Gasteiger partial charge < -0.3 is 0 Å². The molecule has 0 aromatic heterocycles. The van der Waals surface area contributed by atoms with Gasteiger partial charge in [-0.05, 0) is 24.3 Å². The predicted octanol–water partition coefficient (Wildman–Crippen LogP) is 5.99. The summed E-state index contributed by atoms with van der Waals surface area (Å²) < 4.78 is 0. The van der Waals surface area contributed by atoms with Gasteiger partial charge in [-0.15, -0.1) is 11.8 Å². The van der Waals surface area contributed by atoms with Crippen molar-refractivity contribution >= 4 is 42.3 Å². The first-order valence-electron chi connectivity index (χ1n) is 6.97. The molecule has 1 nitrogen and oxygen atoms in total. The Bertz CT molecular complexity index is 593. The zero-order valence-corrected chi connectivity index (χ0v) is 15.2. The molecule has 0 bridgehead atoms. The molecule has 2 rings (SSSR count). The van der Waals surface area contributed by atoms with Crippen LogP contribution >= 0.6 is 23.4 Å². The molecule has 110 valence electrons. The molecule has 21 heavy (non-hydrogen) atoms. The molecule has 0 aliphatic heterocycles. The second-order valence-electron chi connectivity index (χ2n) is 5.95. The van der Waals surface area contributed by atoms with Gasteiger partial charge in [0.25, 0.3) is 0 Å². The predicted molar refractivity (Wildman–Crippen MR) is 98.8 cm³/mol. The molecule has 0 saturated heterocycles. The molecule has 0 amide bonds. The lowest BCUT2D eigenvalue weighted by Crippen LogP contribution is -2.39. The van der Waals surface area contributed by atoms with Gasteiger partial charge in [0.1, 0.15) is 5.17 Å². The van der Waals surface area contributed by atoms with Crippen molar-refractivity contribution in [3.8, 4) is 0 Å². The maximum Gasteiger partial charge on any atom is 0.117 e. The second kappa shape index (κ2) is 7.30. The van der Waals surface area contributed by atoms with E-state index in [9.17, 15) is 0 Å². The van der Waals surface area contributed by atoms with E-state index in [1.54, 1.807) is 0 Å². The average Bonchev–Trinajstić information content (AvgIpc) is 2.45. The molecule has 0 aliphatic rings. The van der Waals surface area contributed by atoms with E-state index in [0.29, 0.717) is 5.17 Å². The summed E-state index contributed by atoms with van der Waals surface area (Å²) in [5.74, 6) is 0. The Morgan fingerprint density at radius 1 is 0.952 bits per heavy atom. The highest BCUT2D eigenvalue weighted by atomic mass is 35.5. The third kappa shape index (κ3) is 5.02. The summed E-state index contributed by atoms with van der Waals surface area (Å²) in [7, 11) is -1.49. The summed E-state index contributed by atoms with van der Waals surface area (Å²) in [5.41, 5.74) is 0.916. The van der Waals surface area contributed by atoms with Gasteiger partial charge >= 0.3 is 0 Å². The first-order chi connectivity index (χ1) is 9.97. The maximum atomic E-state index is 6.58. The average molecular weight is 334 g/mol. The van der Waals surface area contributed by atoms with Crippen LogP contribution in [0.1, 0.15) is 0 Å². The highest BCUT2D eigenvalue weighted by Gasteiger charge is 2.31. The third-order valence-corrected chi connectivity index (χ3v) is 8.93. The van der Waals surface area contributed by atoms with Crippen LogP contribution < -0.4 is 0 Å². The molecule has 2 aromatic carbocycles. The first-order valence-corrected chi connectivity index (χ1v) is 11.8. The summed E-state index contributed by atoms with van der Waals surface area (Å²) in [6.07, 6.45) is 0. The van der Waals surface area contributed by atoms with E-state index in [-0.39, 0.29) is 4.87 Å². The van der Waals surface area contributed by atoms with Crippen molar-refractivity contribution in [2.75, 3.05) is 0 Å². The molecular weight excluding hydrogens is 314 g/mol. The highest BCUT2D eigenvalue weighted by molar-refractivity contribution is 8.02. The quantitative estimate of drug-likeness (QED) is 0.371. The number of thioether (sulfide) groups is 1. The highest BCUT2D eigenvalue weighted by Crippen LogP contribution is 2.32. The SMILES string of the molecule is C[Si](C)(C)C(Sc1ccccc1)C(Cl)=Nc1ccccc1. The Morgan fingerprint density at radius 2 is 1.48 bits per heavy atom. The van der Waals surface area contributed by atoms with Crippen LogP contribution in [0.4, 0.5) is 5.69 Å². The van der Waals surface area contributed by atoms with E-state index in [0.717, 1.165) is 5.69 Å². The van der Waals surface area contributed by atoms with Crippen molar-refractivity contribution in [1.29, 1.82) is 0 Å². The lowest BCUT2D eigenvalue weighted by atomic mass is 10.3. The Labute approximate surface area is 137 Å². The minimum Gasteiger partial charge on any atom is -0.240 e. The van der Waals surface area contributed by atoms with Crippen molar-refractivity contribution in [1.82, 2.24) is 0 Å². The number of rotatable bonds is 5. The maximum absolute atomic E-state index is 6.58. The number of halogens is 1. The van der Waals surface area contributed by atoms with E-state index in [4.69, 9.17) is 11.6 Å². The van der Waals surface area contributed by atoms with E-state index < -0.39 is 8.07 Å². The Morgan fingerprint density at radius 3 is 2.00 bits per heavy atom. The minimum atomic E-state index is -1.49. The van der Waals surface area contributed by atoms with Crippen LogP contribution in [0.5, 0.6) is 0 Å². The fraction of sp³-hybridized carbons (Fsp3) is 0.235. The van der Waals surface area contributed by atoms with Crippen molar-refractivity contribution in [2.45, 2.75) is 29.4 Å². The Kier molecular flexibility index (Phi) is 5.68. The Balaban J connectivity index is 2.26. The fourth-order valence-corrected chi connectivity index (χ4v) is 6.45. The fourth-order valence-electron chi connectivity index (χ4n) is 1.90. The van der Waals surface area contributed by atoms with Gasteiger partial charge in [0.2, 0.25) is 0 Å². The second-order valence-corrected chi connectivity index (χ2v) is 13.2. The molecule has 0 radical (unpaired) electrons. The van der Waals surface area contributed by atoms with Crippen LogP contribution in [0.15, 0.2) is 70.6 Å². The van der Waals surface area contributed by atoms with Crippen molar-refractivity contribution in [3.05, 3.63) is 60.7 Å². The van der Waals surface area contributed by atoms with Crippen LogP contribution in [-0.2, 0) is 0 Å². The molecule has 0 fully saturated rings. The van der Waals surface area contributed by atoms with Gasteiger partial charge in [0, 0.05) is 4.90 Å². The van der Waals surface area contributed by atoms with Gasteiger partial charge in [-0.1, -0.05) is 67.6 Å². The largest absolute Gasteiger partial charge is 0.240 e. The van der Waals surface area contributed by atoms with Crippen molar-refractivity contribution in [2.24, 2.45) is 4.99 Å². The number of hydrogen-bond donors (Lipinski definition) is 0. The van der Waals surface area contributed by atoms with Crippen LogP contribution in [0.3, 0.4) is 0 Å². The van der Waals surface area contributed by atoms with Gasteiger partial charge in [0.05, 0.1) is 18.6 Å². The molecule has 1 unspecified atom stereocenters. The normalized spacial score (nSPS) is 14.0. The molecule has 0 aliphatic carbocycles. The standard InChI is InChI=1S/C17H20ClNSSi/c1-21(2,3)17(20-15-12-8-5-9-13-15)16(18)19-14-10-6-4-7-11-14/h4-13,17H,1-3H3.